The Morgan fingerprint density at radius 3 is 1.36 bits per heavy atom. The van der Waals surface area contributed by atoms with Crippen molar-refractivity contribution in [3.8, 4) is 0 Å². The second kappa shape index (κ2) is 44.5. The van der Waals surface area contributed by atoms with Crippen LogP contribution in [0.2, 0.25) is 0 Å². The molecule has 1 rings (SSSR count). The first kappa shape index (κ1) is 92.0. The number of carbonyl (C=O) groups excluding carboxylic acids is 13. The van der Waals surface area contributed by atoms with Crippen LogP contribution in [0, 0.1) is 41.4 Å². The Bertz CT molecular complexity index is 2730. The number of carbonyl (C=O) groups is 13. The maximum Gasteiger partial charge on any atom is 0.302 e. The van der Waals surface area contributed by atoms with Crippen molar-refractivity contribution in [2.24, 2.45) is 41.4 Å². The molecule has 28 heteroatoms. The molecule has 28 nitrogen and oxygen atoms in total. The molecule has 0 bridgehead atoms. The molecule has 0 radical (unpaired) electrons. The molecule has 13 atom stereocenters. The maximum atomic E-state index is 15.5. The number of hydrogen-bond donors (Lipinski definition) is 6. The fourth-order valence-corrected chi connectivity index (χ4v) is 12.6. The van der Waals surface area contributed by atoms with E-state index in [1.807, 2.05) is 55.4 Å². The Kier molecular flexibility index (Phi) is 40.6. The Hall–Kier alpha value is -6.97. The number of ether oxygens (including phenoxy) is 2. The van der Waals surface area contributed by atoms with Crippen LogP contribution in [0.25, 0.3) is 0 Å². The Balaban J connectivity index is 4.55. The van der Waals surface area contributed by atoms with Gasteiger partial charge in [0.05, 0.1) is 19.3 Å². The number of rotatable bonds is 27. The summed E-state index contributed by atoms with van der Waals surface area (Å²) in [6.45, 7) is 30.8. The van der Waals surface area contributed by atoms with Gasteiger partial charge in [-0.1, -0.05) is 116 Å². The third-order valence-corrected chi connectivity index (χ3v) is 18.9. The van der Waals surface area contributed by atoms with Gasteiger partial charge in [0.15, 0.2) is 0 Å². The van der Waals surface area contributed by atoms with E-state index in [0.29, 0.717) is 45.1 Å². The van der Waals surface area contributed by atoms with Gasteiger partial charge in [-0.3, -0.25) is 62.3 Å². The van der Waals surface area contributed by atoms with Crippen LogP contribution in [0.15, 0.2) is 0 Å². The Morgan fingerprint density at radius 1 is 0.446 bits per heavy atom. The zero-order valence-corrected chi connectivity index (χ0v) is 66.0. The van der Waals surface area contributed by atoms with Gasteiger partial charge >= 0.3 is 5.97 Å². The predicted molar refractivity (Wildman–Crippen MR) is 386 cm³/mol. The van der Waals surface area contributed by atoms with Crippen molar-refractivity contribution in [3.05, 3.63) is 0 Å². The highest BCUT2D eigenvalue weighted by atomic mass is 16.5. The number of amides is 12. The van der Waals surface area contributed by atoms with Crippen molar-refractivity contribution in [2.45, 2.75) is 274 Å². The predicted octanol–water partition coefficient (Wildman–Crippen LogP) is 4.12. The van der Waals surface area contributed by atoms with Gasteiger partial charge in [-0.25, -0.2) is 0 Å². The second-order valence-corrected chi connectivity index (χ2v) is 30.3. The molecule has 0 aromatic carbocycles. The summed E-state index contributed by atoms with van der Waals surface area (Å²) in [5.74, 6) is -11.2. The SMILES string of the molecule is CC[C@@H]1NC(=O)[C@H]([C@H](O)[C@H](C)CCCCCCNC(C)=O)N(C)C(=O)[C@H](C(C)C)N(C)C(=O)[C@H](CC(C)C)N(C)C(=O)[C@H](CC(C)C)N(C)C(=O)[C@H](C)NC(=O)[C@@H](C)NC(=O)[C@@H](CC(C)C)N(C)C(=O)[C@@H](C(C)C)NC(=O)[C@H](CC(C)C)N(C)C(=O)[C@@H](COCCCCOC(C)=O)N(C)C1=O. The number of nitrogens with zero attached hydrogens (tertiary/aromatic N) is 7. The number of likely N-dealkylation sites (N-methyl/N-ethyl adjacent to an activating group) is 7. The summed E-state index contributed by atoms with van der Waals surface area (Å²) in [7, 11) is 9.82. The number of hydrogen-bond acceptors (Lipinski definition) is 16. The summed E-state index contributed by atoms with van der Waals surface area (Å²) in [5.41, 5.74) is 0. The summed E-state index contributed by atoms with van der Waals surface area (Å²) < 4.78 is 11.2. The zero-order chi connectivity index (χ0) is 77.8. The van der Waals surface area contributed by atoms with Crippen LogP contribution < -0.4 is 26.6 Å². The molecule has 1 fully saturated rings. The van der Waals surface area contributed by atoms with Gasteiger partial charge in [-0.05, 0) is 113 Å². The molecule has 0 spiro atoms. The summed E-state index contributed by atoms with van der Waals surface area (Å²) in [6, 6.07) is -14.5. The second-order valence-electron chi connectivity index (χ2n) is 30.3. The zero-order valence-electron chi connectivity index (χ0n) is 66.0. The first-order chi connectivity index (χ1) is 46.9. The Labute approximate surface area is 603 Å². The lowest BCUT2D eigenvalue weighted by Gasteiger charge is -2.41. The van der Waals surface area contributed by atoms with Crippen molar-refractivity contribution >= 4 is 76.9 Å². The van der Waals surface area contributed by atoms with E-state index < -0.39 is 168 Å². The molecule has 0 unspecified atom stereocenters. The molecule has 6 N–H and O–H groups in total. The monoisotopic (exact) mass is 1430 g/mol. The van der Waals surface area contributed by atoms with E-state index >= 15 is 28.8 Å². The van der Waals surface area contributed by atoms with Crippen molar-refractivity contribution in [3.63, 3.8) is 0 Å². The highest BCUT2D eigenvalue weighted by Gasteiger charge is 2.46. The molecule has 0 aromatic rings. The first-order valence-electron chi connectivity index (χ1n) is 36.6. The van der Waals surface area contributed by atoms with Gasteiger partial charge in [-0.2, -0.15) is 0 Å². The third-order valence-electron chi connectivity index (χ3n) is 18.9. The first-order valence-corrected chi connectivity index (χ1v) is 36.6. The average Bonchev–Trinajstić information content (AvgIpc) is 0.810. The van der Waals surface area contributed by atoms with Crippen LogP contribution in [0.3, 0.4) is 0 Å². The third kappa shape index (κ3) is 29.0. The van der Waals surface area contributed by atoms with Crippen LogP contribution >= 0.6 is 0 Å². The topological polar surface area (TPSA) is 343 Å². The van der Waals surface area contributed by atoms with Gasteiger partial charge in [0, 0.05) is 76.3 Å². The number of aliphatic hydroxyl groups is 1. The van der Waals surface area contributed by atoms with E-state index in [-0.39, 0.29) is 74.9 Å². The minimum atomic E-state index is -1.70. The summed E-state index contributed by atoms with van der Waals surface area (Å²) in [6.07, 6.45) is 2.73. The van der Waals surface area contributed by atoms with Gasteiger partial charge < -0.3 is 75.5 Å². The Morgan fingerprint density at radius 2 is 0.871 bits per heavy atom. The van der Waals surface area contributed by atoms with Crippen LogP contribution in [0.5, 0.6) is 0 Å². The lowest BCUT2D eigenvalue weighted by molar-refractivity contribution is -0.157. The van der Waals surface area contributed by atoms with Gasteiger partial charge in [0.25, 0.3) is 0 Å². The highest BCUT2D eigenvalue weighted by Crippen LogP contribution is 2.27. The van der Waals surface area contributed by atoms with Crippen molar-refractivity contribution in [1.29, 1.82) is 0 Å². The van der Waals surface area contributed by atoms with E-state index in [2.05, 4.69) is 26.6 Å². The van der Waals surface area contributed by atoms with Gasteiger partial charge in [0.1, 0.15) is 66.5 Å². The quantitative estimate of drug-likeness (QED) is 0.0498. The molecular weight excluding hydrogens is 1300 g/mol. The molecule has 0 aliphatic carbocycles. The number of unbranched alkanes of at least 4 members (excludes halogenated alkanes) is 4. The van der Waals surface area contributed by atoms with Crippen molar-refractivity contribution in [2.75, 3.05) is 75.7 Å². The van der Waals surface area contributed by atoms with E-state index in [9.17, 15) is 38.7 Å². The average molecular weight is 1430 g/mol. The van der Waals surface area contributed by atoms with Crippen molar-refractivity contribution in [1.82, 2.24) is 60.9 Å². The summed E-state index contributed by atoms with van der Waals surface area (Å²) >= 11 is 0. The van der Waals surface area contributed by atoms with Crippen LogP contribution in [0.4, 0.5) is 0 Å². The summed E-state index contributed by atoms with van der Waals surface area (Å²) in [5, 5.41) is 26.4. The molecule has 12 amide bonds. The van der Waals surface area contributed by atoms with E-state index in [0.717, 1.165) is 16.2 Å². The molecule has 0 aromatic heterocycles. The van der Waals surface area contributed by atoms with Crippen LogP contribution in [-0.2, 0) is 71.8 Å². The summed E-state index contributed by atoms with van der Waals surface area (Å²) in [4.78, 5) is 196. The normalized spacial score (nSPS) is 25.0. The minimum Gasteiger partial charge on any atom is -0.466 e. The largest absolute Gasteiger partial charge is 0.466 e. The molecular formula is C73H132N12O16. The number of aliphatic hydroxyl groups excluding tert-OH is 1. The molecule has 1 aliphatic rings. The van der Waals surface area contributed by atoms with Crippen LogP contribution in [-0.4, -0.2) is 265 Å². The van der Waals surface area contributed by atoms with E-state index in [1.165, 1.54) is 102 Å². The van der Waals surface area contributed by atoms with Gasteiger partial charge in [0.2, 0.25) is 70.9 Å². The number of nitrogens with one attached hydrogen (secondary N) is 5. The smallest absolute Gasteiger partial charge is 0.302 e. The highest BCUT2D eigenvalue weighted by molar-refractivity contribution is 6.00. The fourth-order valence-electron chi connectivity index (χ4n) is 12.6. The molecule has 1 saturated heterocycles. The maximum absolute atomic E-state index is 15.5. The number of esters is 1. The van der Waals surface area contributed by atoms with Gasteiger partial charge in [-0.15, -0.1) is 0 Å². The van der Waals surface area contributed by atoms with E-state index in [4.69, 9.17) is 9.47 Å². The standard InChI is InChI=1S/C73H132N12O16/c1-26-53-68(94)83(23)58(41-100-35-31-32-36-101-52(18)87)71(97)79(19)55(38-43(4)5)65(91)78-59(46(10)11)72(98)80(20)54(37-42(2)3)64(90)75-49(15)63(89)76-50(16)67(93)81(21)56(39-44(6)7)69(95)82(22)57(40-45(8)9)70(96)84(24)60(47(12)13)73(99)85(25)61(66(92)77-53)62(88)48(14)33-29-27-28-30-34-74-51(17)86/h42-50,53-62,88H,26-41H2,1-25H3,(H,74,86)(H,75,90)(H,76,89)(H,77,92)(H,78,91)/t48-,49-,50+,53+,54-,55+,56+,57+,58-,59-,60+,61+,62-/m1/s1. The molecule has 1 aliphatic heterocycles. The lowest BCUT2D eigenvalue weighted by Crippen LogP contribution is -2.64. The van der Waals surface area contributed by atoms with E-state index in [1.54, 1.807) is 41.5 Å². The van der Waals surface area contributed by atoms with Crippen molar-refractivity contribution < 1.29 is 76.9 Å². The molecule has 580 valence electrons. The minimum absolute atomic E-state index is 0.0470. The molecule has 1 heterocycles. The molecule has 0 saturated carbocycles. The van der Waals surface area contributed by atoms with Crippen LogP contribution in [0.1, 0.15) is 202 Å². The lowest BCUT2D eigenvalue weighted by atomic mass is 9.90. The fraction of sp³-hybridized carbons (Fsp3) is 0.822. The molecule has 101 heavy (non-hydrogen) atoms.